The molecule has 2 atom stereocenters. The summed E-state index contributed by atoms with van der Waals surface area (Å²) in [5.41, 5.74) is 7.75. The minimum absolute atomic E-state index is 0.535. The van der Waals surface area contributed by atoms with E-state index in [0.717, 1.165) is 15.6 Å². The second-order valence-electron chi connectivity index (χ2n) is 3.72. The van der Waals surface area contributed by atoms with Crippen LogP contribution in [0.4, 0.5) is 0 Å². The number of hydrogen-bond acceptors (Lipinski definition) is 3. The second kappa shape index (κ2) is 4.95. The number of benzene rings is 1. The molecule has 4 N–H and O–H groups in total. The number of carbonyl (C=O) groups is 1. The number of rotatable bonds is 3. The SMILES string of the molecule is Cc1ccc(C(O)C(N)C(=O)O)c(C)c1Br. The maximum absolute atomic E-state index is 10.7. The highest BCUT2D eigenvalue weighted by atomic mass is 79.9. The van der Waals surface area contributed by atoms with Gasteiger partial charge in [0.05, 0.1) is 0 Å². The van der Waals surface area contributed by atoms with Crippen molar-refractivity contribution in [2.75, 3.05) is 0 Å². The van der Waals surface area contributed by atoms with Gasteiger partial charge in [0.2, 0.25) is 0 Å². The van der Waals surface area contributed by atoms with Gasteiger partial charge in [-0.3, -0.25) is 4.79 Å². The molecule has 16 heavy (non-hydrogen) atoms. The number of carboxylic acid groups (broad SMARTS) is 1. The van der Waals surface area contributed by atoms with Gasteiger partial charge in [-0.2, -0.15) is 0 Å². The number of aliphatic hydroxyl groups is 1. The Kier molecular flexibility index (Phi) is 4.07. The summed E-state index contributed by atoms with van der Waals surface area (Å²) < 4.78 is 0.863. The van der Waals surface area contributed by atoms with Gasteiger partial charge in [0.15, 0.2) is 0 Å². The van der Waals surface area contributed by atoms with Crippen molar-refractivity contribution in [2.24, 2.45) is 5.73 Å². The fraction of sp³-hybridized carbons (Fsp3) is 0.364. The number of hydrogen-bond donors (Lipinski definition) is 3. The molecule has 0 spiro atoms. The highest BCUT2D eigenvalue weighted by Crippen LogP contribution is 2.28. The average Bonchev–Trinajstić information content (AvgIpc) is 2.24. The molecule has 0 saturated heterocycles. The smallest absolute Gasteiger partial charge is 0.323 e. The van der Waals surface area contributed by atoms with Gasteiger partial charge in [-0.1, -0.05) is 28.1 Å². The Balaban J connectivity index is 3.14. The van der Waals surface area contributed by atoms with Crippen molar-refractivity contribution in [1.29, 1.82) is 0 Å². The zero-order chi connectivity index (χ0) is 12.5. The van der Waals surface area contributed by atoms with Crippen molar-refractivity contribution >= 4 is 21.9 Å². The summed E-state index contributed by atoms with van der Waals surface area (Å²) in [6.45, 7) is 3.73. The molecular weight excluding hydrogens is 274 g/mol. The van der Waals surface area contributed by atoms with Gasteiger partial charge in [0.1, 0.15) is 12.1 Å². The van der Waals surface area contributed by atoms with Gasteiger partial charge < -0.3 is 15.9 Å². The van der Waals surface area contributed by atoms with E-state index < -0.39 is 18.1 Å². The predicted octanol–water partition coefficient (Wildman–Crippen LogP) is 1.51. The molecule has 0 fully saturated rings. The van der Waals surface area contributed by atoms with E-state index in [-0.39, 0.29) is 0 Å². The topological polar surface area (TPSA) is 83.5 Å². The molecule has 0 aliphatic rings. The molecule has 0 aromatic heterocycles. The van der Waals surface area contributed by atoms with Crippen molar-refractivity contribution < 1.29 is 15.0 Å². The monoisotopic (exact) mass is 287 g/mol. The zero-order valence-electron chi connectivity index (χ0n) is 9.07. The molecule has 0 bridgehead atoms. The molecule has 2 unspecified atom stereocenters. The Morgan fingerprint density at radius 1 is 1.44 bits per heavy atom. The number of aryl methyl sites for hydroxylation is 1. The van der Waals surface area contributed by atoms with Crippen LogP contribution in [0.1, 0.15) is 22.8 Å². The largest absolute Gasteiger partial charge is 0.480 e. The summed E-state index contributed by atoms with van der Waals surface area (Å²) in [5.74, 6) is -1.22. The number of carboxylic acids is 1. The Morgan fingerprint density at radius 2 is 2.00 bits per heavy atom. The molecule has 5 heteroatoms. The summed E-state index contributed by atoms with van der Waals surface area (Å²) in [5, 5.41) is 18.6. The number of halogens is 1. The van der Waals surface area contributed by atoms with Gasteiger partial charge in [0, 0.05) is 4.47 Å². The molecule has 0 radical (unpaired) electrons. The Hall–Kier alpha value is -0.910. The summed E-state index contributed by atoms with van der Waals surface area (Å²) in [6, 6.07) is 2.20. The maximum Gasteiger partial charge on any atom is 0.323 e. The van der Waals surface area contributed by atoms with Gasteiger partial charge in [0.25, 0.3) is 0 Å². The first-order valence-corrected chi connectivity index (χ1v) is 5.57. The van der Waals surface area contributed by atoms with Crippen LogP contribution in [0.25, 0.3) is 0 Å². The predicted molar refractivity (Wildman–Crippen MR) is 64.2 cm³/mol. The van der Waals surface area contributed by atoms with E-state index in [2.05, 4.69) is 15.9 Å². The summed E-state index contributed by atoms with van der Waals surface area (Å²) in [6.07, 6.45) is -1.20. The molecule has 1 rings (SSSR count). The average molecular weight is 288 g/mol. The lowest BCUT2D eigenvalue weighted by molar-refractivity contribution is -0.141. The quantitative estimate of drug-likeness (QED) is 0.787. The minimum atomic E-state index is -1.31. The van der Waals surface area contributed by atoms with E-state index in [4.69, 9.17) is 10.8 Å². The normalized spacial score (nSPS) is 14.6. The van der Waals surface area contributed by atoms with Crippen LogP contribution >= 0.6 is 15.9 Å². The van der Waals surface area contributed by atoms with E-state index in [0.29, 0.717) is 5.56 Å². The molecular formula is C11H14BrNO3. The number of aliphatic hydroxyl groups excluding tert-OH is 1. The maximum atomic E-state index is 10.7. The summed E-state index contributed by atoms with van der Waals surface area (Å²) >= 11 is 3.39. The molecule has 1 aromatic carbocycles. The Labute approximate surface area is 102 Å². The molecule has 1 aromatic rings. The minimum Gasteiger partial charge on any atom is -0.480 e. The van der Waals surface area contributed by atoms with Crippen LogP contribution in [0.5, 0.6) is 0 Å². The van der Waals surface area contributed by atoms with E-state index in [1.54, 1.807) is 6.07 Å². The van der Waals surface area contributed by atoms with Crippen LogP contribution < -0.4 is 5.73 Å². The zero-order valence-corrected chi connectivity index (χ0v) is 10.7. The third-order valence-electron chi connectivity index (χ3n) is 2.57. The molecule has 88 valence electrons. The first-order valence-electron chi connectivity index (χ1n) is 4.78. The van der Waals surface area contributed by atoms with E-state index >= 15 is 0 Å². The van der Waals surface area contributed by atoms with Crippen LogP contribution in [0.3, 0.4) is 0 Å². The molecule has 4 nitrogen and oxygen atoms in total. The van der Waals surface area contributed by atoms with E-state index in [1.165, 1.54) is 0 Å². The molecule has 0 aliphatic carbocycles. The lowest BCUT2D eigenvalue weighted by Gasteiger charge is -2.19. The standard InChI is InChI=1S/C11H14BrNO3/c1-5-3-4-7(6(2)8(5)12)10(14)9(13)11(15)16/h3-4,9-10,14H,13H2,1-2H3,(H,15,16). The molecule has 0 heterocycles. The molecule has 0 saturated carbocycles. The second-order valence-corrected chi connectivity index (χ2v) is 4.51. The third kappa shape index (κ3) is 2.42. The lowest BCUT2D eigenvalue weighted by atomic mass is 9.97. The van der Waals surface area contributed by atoms with Crippen molar-refractivity contribution in [3.8, 4) is 0 Å². The first-order chi connectivity index (χ1) is 7.36. The van der Waals surface area contributed by atoms with Crippen LogP contribution in [0.2, 0.25) is 0 Å². The Morgan fingerprint density at radius 3 is 2.50 bits per heavy atom. The number of nitrogens with two attached hydrogens (primary N) is 1. The fourth-order valence-corrected chi connectivity index (χ4v) is 1.85. The van der Waals surface area contributed by atoms with Gasteiger partial charge >= 0.3 is 5.97 Å². The van der Waals surface area contributed by atoms with Gasteiger partial charge in [-0.05, 0) is 30.5 Å². The highest BCUT2D eigenvalue weighted by molar-refractivity contribution is 9.10. The molecule has 0 aliphatic heterocycles. The van der Waals surface area contributed by atoms with Crippen LogP contribution in [-0.2, 0) is 4.79 Å². The third-order valence-corrected chi connectivity index (χ3v) is 3.79. The summed E-state index contributed by atoms with van der Waals surface area (Å²) in [7, 11) is 0. The Bertz CT molecular complexity index is 420. The van der Waals surface area contributed by atoms with Crippen molar-refractivity contribution in [3.05, 3.63) is 33.3 Å². The van der Waals surface area contributed by atoms with Crippen molar-refractivity contribution in [2.45, 2.75) is 26.0 Å². The molecule has 0 amide bonds. The van der Waals surface area contributed by atoms with Gasteiger partial charge in [-0.15, -0.1) is 0 Å². The lowest BCUT2D eigenvalue weighted by Crippen LogP contribution is -2.36. The van der Waals surface area contributed by atoms with Crippen molar-refractivity contribution in [3.63, 3.8) is 0 Å². The van der Waals surface area contributed by atoms with Crippen molar-refractivity contribution in [1.82, 2.24) is 0 Å². The van der Waals surface area contributed by atoms with Crippen LogP contribution in [0.15, 0.2) is 16.6 Å². The van der Waals surface area contributed by atoms with E-state index in [1.807, 2.05) is 19.9 Å². The first kappa shape index (κ1) is 13.2. The highest BCUT2D eigenvalue weighted by Gasteiger charge is 2.25. The fourth-order valence-electron chi connectivity index (χ4n) is 1.48. The summed E-state index contributed by atoms with van der Waals surface area (Å²) in [4.78, 5) is 10.7. The van der Waals surface area contributed by atoms with Crippen LogP contribution in [-0.4, -0.2) is 22.2 Å². The number of aliphatic carboxylic acids is 1. The van der Waals surface area contributed by atoms with E-state index in [9.17, 15) is 9.90 Å². The van der Waals surface area contributed by atoms with Gasteiger partial charge in [-0.25, -0.2) is 0 Å². The van der Waals surface area contributed by atoms with Crippen LogP contribution in [0, 0.1) is 13.8 Å².